The normalized spacial score (nSPS) is 12.9. The number of amides is 1. The summed E-state index contributed by atoms with van der Waals surface area (Å²) in [5, 5.41) is 21.2. The second-order valence-corrected chi connectivity index (χ2v) is 7.51. The Morgan fingerprint density at radius 1 is 1.21 bits per heavy atom. The molecule has 2 aromatic carbocycles. The summed E-state index contributed by atoms with van der Waals surface area (Å²) >= 11 is 1.07. The standard InChI is InChI=1S/C19H17FN4O4S/c1-11(13-6-8-15(20)9-7-13)21-17(25)12(2)29-19-23-22-18(28-19)14-4-3-5-16(10-14)24(26)27/h3-12H,1-2H3,(H,21,25)/t11-,12+/m1/s1. The molecule has 0 spiro atoms. The molecule has 1 heterocycles. The fourth-order valence-electron chi connectivity index (χ4n) is 2.50. The average molecular weight is 416 g/mol. The van der Waals surface area contributed by atoms with Crippen molar-refractivity contribution < 1.29 is 18.5 Å². The number of halogens is 1. The number of carbonyl (C=O) groups is 1. The van der Waals surface area contributed by atoms with Gasteiger partial charge >= 0.3 is 0 Å². The summed E-state index contributed by atoms with van der Waals surface area (Å²) < 4.78 is 18.5. The topological polar surface area (TPSA) is 111 Å². The maximum Gasteiger partial charge on any atom is 0.277 e. The highest BCUT2D eigenvalue weighted by Gasteiger charge is 2.21. The van der Waals surface area contributed by atoms with Gasteiger partial charge in [0.2, 0.25) is 11.8 Å². The molecule has 0 aliphatic rings. The zero-order valence-corrected chi connectivity index (χ0v) is 16.4. The monoisotopic (exact) mass is 416 g/mol. The lowest BCUT2D eigenvalue weighted by atomic mass is 10.1. The van der Waals surface area contributed by atoms with Gasteiger partial charge in [-0.05, 0) is 37.6 Å². The van der Waals surface area contributed by atoms with Gasteiger partial charge in [0.25, 0.3) is 10.9 Å². The van der Waals surface area contributed by atoms with Gasteiger partial charge in [0.05, 0.1) is 16.2 Å². The lowest BCUT2D eigenvalue weighted by molar-refractivity contribution is -0.384. The Kier molecular flexibility index (Phi) is 6.23. The smallest absolute Gasteiger partial charge is 0.277 e. The van der Waals surface area contributed by atoms with Crippen LogP contribution in [0.5, 0.6) is 0 Å². The van der Waals surface area contributed by atoms with E-state index in [9.17, 15) is 19.3 Å². The largest absolute Gasteiger partial charge is 0.411 e. The summed E-state index contributed by atoms with van der Waals surface area (Å²) in [7, 11) is 0. The Morgan fingerprint density at radius 2 is 1.93 bits per heavy atom. The molecule has 0 fully saturated rings. The highest BCUT2D eigenvalue weighted by Crippen LogP contribution is 2.28. The Hall–Kier alpha value is -3.27. The number of non-ortho nitro benzene ring substituents is 1. The molecule has 1 aromatic heterocycles. The van der Waals surface area contributed by atoms with Crippen molar-refractivity contribution in [2.24, 2.45) is 0 Å². The van der Waals surface area contributed by atoms with E-state index < -0.39 is 10.2 Å². The molecule has 0 unspecified atom stereocenters. The number of aromatic nitrogens is 2. The first-order valence-corrected chi connectivity index (χ1v) is 9.52. The predicted octanol–water partition coefficient (Wildman–Crippen LogP) is 4.14. The van der Waals surface area contributed by atoms with Gasteiger partial charge < -0.3 is 9.73 Å². The molecule has 0 aliphatic heterocycles. The van der Waals surface area contributed by atoms with Crippen LogP contribution in [-0.4, -0.2) is 26.3 Å². The Morgan fingerprint density at radius 3 is 2.62 bits per heavy atom. The van der Waals surface area contributed by atoms with E-state index in [0.717, 1.165) is 17.3 Å². The van der Waals surface area contributed by atoms with E-state index in [2.05, 4.69) is 15.5 Å². The van der Waals surface area contributed by atoms with Gasteiger partial charge in [0.15, 0.2) is 0 Å². The van der Waals surface area contributed by atoms with Crippen LogP contribution < -0.4 is 5.32 Å². The number of hydrogen-bond donors (Lipinski definition) is 1. The fraction of sp³-hybridized carbons (Fsp3) is 0.211. The number of benzene rings is 2. The number of thioether (sulfide) groups is 1. The third-order valence-corrected chi connectivity index (χ3v) is 5.02. The van der Waals surface area contributed by atoms with Crippen molar-refractivity contribution >= 4 is 23.4 Å². The SMILES string of the molecule is C[C@H](Sc1nnc(-c2cccc([N+](=O)[O-])c2)o1)C(=O)N[C@H](C)c1ccc(F)cc1. The molecule has 29 heavy (non-hydrogen) atoms. The lowest BCUT2D eigenvalue weighted by Crippen LogP contribution is -2.33. The number of nitro groups is 1. The van der Waals surface area contributed by atoms with Gasteiger partial charge in [0, 0.05) is 17.7 Å². The minimum Gasteiger partial charge on any atom is -0.411 e. The molecular formula is C19H17FN4O4S. The third kappa shape index (κ3) is 5.17. The van der Waals surface area contributed by atoms with Crippen molar-refractivity contribution in [2.45, 2.75) is 30.4 Å². The summed E-state index contributed by atoms with van der Waals surface area (Å²) in [4.78, 5) is 22.8. The van der Waals surface area contributed by atoms with Crippen molar-refractivity contribution in [2.75, 3.05) is 0 Å². The molecule has 3 aromatic rings. The van der Waals surface area contributed by atoms with Crippen LogP contribution in [0.3, 0.4) is 0 Å². The molecule has 3 rings (SSSR count). The summed E-state index contributed by atoms with van der Waals surface area (Å²) in [6.45, 7) is 3.49. The van der Waals surface area contributed by atoms with Crippen LogP contribution in [0.1, 0.15) is 25.5 Å². The maximum atomic E-state index is 13.0. The minimum absolute atomic E-state index is 0.0857. The Labute approximate surface area is 169 Å². The second kappa shape index (κ2) is 8.82. The summed E-state index contributed by atoms with van der Waals surface area (Å²) in [5.41, 5.74) is 1.11. The number of nitro benzene ring substituents is 1. The summed E-state index contributed by atoms with van der Waals surface area (Å²) in [5.74, 6) is -0.461. The van der Waals surface area contributed by atoms with Gasteiger partial charge in [-0.3, -0.25) is 14.9 Å². The molecule has 0 bridgehead atoms. The van der Waals surface area contributed by atoms with Gasteiger partial charge in [-0.15, -0.1) is 10.2 Å². The van der Waals surface area contributed by atoms with Crippen molar-refractivity contribution in [3.05, 3.63) is 70.0 Å². The molecule has 150 valence electrons. The fourth-order valence-corrected chi connectivity index (χ4v) is 3.19. The van der Waals surface area contributed by atoms with E-state index in [4.69, 9.17) is 4.42 Å². The van der Waals surface area contributed by atoms with Gasteiger partial charge in [-0.1, -0.05) is 30.0 Å². The Balaban J connectivity index is 1.63. The van der Waals surface area contributed by atoms with Crippen LogP contribution in [0.25, 0.3) is 11.5 Å². The predicted molar refractivity (Wildman–Crippen MR) is 105 cm³/mol. The van der Waals surface area contributed by atoms with E-state index >= 15 is 0 Å². The van der Waals surface area contributed by atoms with E-state index in [1.807, 2.05) is 0 Å². The number of hydrogen-bond acceptors (Lipinski definition) is 7. The van der Waals surface area contributed by atoms with Gasteiger partial charge in [-0.25, -0.2) is 4.39 Å². The second-order valence-electron chi connectivity index (χ2n) is 6.22. The molecule has 1 amide bonds. The number of carbonyl (C=O) groups excluding carboxylic acids is 1. The number of nitrogens with one attached hydrogen (secondary N) is 1. The highest BCUT2D eigenvalue weighted by molar-refractivity contribution is 8.00. The molecule has 0 aliphatic carbocycles. The first-order valence-electron chi connectivity index (χ1n) is 8.64. The molecule has 2 atom stereocenters. The molecule has 0 saturated carbocycles. The average Bonchev–Trinajstić information content (AvgIpc) is 3.17. The zero-order chi connectivity index (χ0) is 21.0. The van der Waals surface area contributed by atoms with Crippen LogP contribution in [0.4, 0.5) is 10.1 Å². The third-order valence-electron chi connectivity index (χ3n) is 4.09. The summed E-state index contributed by atoms with van der Waals surface area (Å²) in [6, 6.07) is 11.4. The lowest BCUT2D eigenvalue weighted by Gasteiger charge is -2.16. The van der Waals surface area contributed by atoms with Crippen LogP contribution in [0.15, 0.2) is 58.2 Å². The van der Waals surface area contributed by atoms with Gasteiger partial charge in [-0.2, -0.15) is 0 Å². The molecule has 1 N–H and O–H groups in total. The minimum atomic E-state index is -0.531. The van der Waals surface area contributed by atoms with Crippen LogP contribution in [0, 0.1) is 15.9 Å². The molecule has 8 nitrogen and oxygen atoms in total. The zero-order valence-electron chi connectivity index (χ0n) is 15.5. The molecule has 0 radical (unpaired) electrons. The van der Waals surface area contributed by atoms with Crippen molar-refractivity contribution in [3.63, 3.8) is 0 Å². The van der Waals surface area contributed by atoms with Gasteiger partial charge in [0.1, 0.15) is 5.82 Å². The van der Waals surface area contributed by atoms with Crippen LogP contribution in [0.2, 0.25) is 0 Å². The van der Waals surface area contributed by atoms with E-state index in [-0.39, 0.29) is 34.6 Å². The van der Waals surface area contributed by atoms with Crippen molar-refractivity contribution in [3.8, 4) is 11.5 Å². The molecule has 0 saturated heterocycles. The highest BCUT2D eigenvalue weighted by atomic mass is 32.2. The Bertz CT molecular complexity index is 1030. The van der Waals surface area contributed by atoms with E-state index in [1.165, 1.54) is 30.3 Å². The van der Waals surface area contributed by atoms with Crippen LogP contribution >= 0.6 is 11.8 Å². The van der Waals surface area contributed by atoms with E-state index in [0.29, 0.717) is 5.56 Å². The quantitative estimate of drug-likeness (QED) is 0.350. The number of rotatable bonds is 7. The van der Waals surface area contributed by atoms with Crippen molar-refractivity contribution in [1.29, 1.82) is 0 Å². The number of nitrogens with zero attached hydrogens (tertiary/aromatic N) is 3. The van der Waals surface area contributed by atoms with Crippen molar-refractivity contribution in [1.82, 2.24) is 15.5 Å². The van der Waals surface area contributed by atoms with Crippen LogP contribution in [-0.2, 0) is 4.79 Å². The first kappa shape index (κ1) is 20.5. The molecule has 10 heteroatoms. The van der Waals surface area contributed by atoms with E-state index in [1.54, 1.807) is 32.0 Å². The molecular weight excluding hydrogens is 399 g/mol. The summed E-state index contributed by atoms with van der Waals surface area (Å²) in [6.07, 6.45) is 0. The maximum absolute atomic E-state index is 13.0. The first-order chi connectivity index (χ1) is 13.8.